The third kappa shape index (κ3) is 2.99. The fourth-order valence-corrected chi connectivity index (χ4v) is 2.18. The molecule has 0 saturated heterocycles. The van der Waals surface area contributed by atoms with Crippen LogP contribution in [0.1, 0.15) is 16.1 Å². The molecule has 0 aliphatic carbocycles. The number of hydrogen-bond acceptors (Lipinski definition) is 3. The van der Waals surface area contributed by atoms with Gasteiger partial charge in [-0.1, -0.05) is 11.6 Å². The first-order valence-electron chi connectivity index (χ1n) is 6.67. The van der Waals surface area contributed by atoms with Crippen LogP contribution >= 0.6 is 11.6 Å². The highest BCUT2D eigenvalue weighted by Crippen LogP contribution is 2.19. The van der Waals surface area contributed by atoms with Crippen molar-refractivity contribution in [1.29, 1.82) is 0 Å². The van der Waals surface area contributed by atoms with Gasteiger partial charge in [0, 0.05) is 23.5 Å². The smallest absolute Gasteiger partial charge is 0.258 e. The number of rotatable bonds is 3. The topological polar surface area (TPSA) is 59.8 Å². The molecule has 0 saturated carbocycles. The number of carbonyl (C=O) groups excluding carboxylic acids is 1. The van der Waals surface area contributed by atoms with E-state index in [1.807, 2.05) is 25.1 Å². The summed E-state index contributed by atoms with van der Waals surface area (Å²) in [6.07, 6.45) is 3.14. The zero-order valence-electron chi connectivity index (χ0n) is 11.8. The fraction of sp³-hybridized carbons (Fsp3) is 0.0625. The van der Waals surface area contributed by atoms with Gasteiger partial charge in [0.25, 0.3) is 5.91 Å². The van der Waals surface area contributed by atoms with Gasteiger partial charge in [0.2, 0.25) is 0 Å². The minimum Gasteiger partial charge on any atom is -0.306 e. The highest BCUT2D eigenvalue weighted by atomic mass is 35.5. The summed E-state index contributed by atoms with van der Waals surface area (Å²) in [7, 11) is 0. The molecule has 3 rings (SSSR count). The van der Waals surface area contributed by atoms with Gasteiger partial charge in [-0.05, 0) is 43.3 Å². The van der Waals surface area contributed by atoms with Gasteiger partial charge in [-0.15, -0.1) is 0 Å². The van der Waals surface area contributed by atoms with Gasteiger partial charge < -0.3 is 5.32 Å². The van der Waals surface area contributed by atoms with Crippen LogP contribution in [0, 0.1) is 6.92 Å². The average molecular weight is 313 g/mol. The van der Waals surface area contributed by atoms with Crippen molar-refractivity contribution in [3.8, 4) is 5.69 Å². The maximum absolute atomic E-state index is 12.2. The van der Waals surface area contributed by atoms with E-state index in [-0.39, 0.29) is 5.91 Å². The molecule has 0 aliphatic rings. The summed E-state index contributed by atoms with van der Waals surface area (Å²) in [5, 5.41) is 7.90. The highest BCUT2D eigenvalue weighted by molar-refractivity contribution is 6.30. The predicted octanol–water partition coefficient (Wildman–Crippen LogP) is 3.48. The van der Waals surface area contributed by atoms with Gasteiger partial charge in [0.05, 0.1) is 16.9 Å². The van der Waals surface area contributed by atoms with Gasteiger partial charge in [-0.2, -0.15) is 5.10 Å². The molecule has 0 aliphatic heterocycles. The number of halogens is 1. The van der Waals surface area contributed by atoms with E-state index in [0.29, 0.717) is 16.4 Å². The second kappa shape index (κ2) is 5.99. The Labute approximate surface area is 132 Å². The maximum atomic E-state index is 12.2. The Kier molecular flexibility index (Phi) is 3.89. The molecular formula is C16H13ClN4O. The molecule has 0 radical (unpaired) electrons. The summed E-state index contributed by atoms with van der Waals surface area (Å²) in [4.78, 5) is 16.2. The molecular weight excluding hydrogens is 300 g/mol. The Morgan fingerprint density at radius 3 is 2.68 bits per heavy atom. The van der Waals surface area contributed by atoms with Crippen molar-refractivity contribution in [3.05, 3.63) is 71.1 Å². The molecule has 1 N–H and O–H groups in total. The first-order chi connectivity index (χ1) is 10.6. The molecule has 0 unspecified atom stereocenters. The molecule has 1 amide bonds. The summed E-state index contributed by atoms with van der Waals surface area (Å²) in [5.74, 6) is 0.358. The number of hydrogen-bond donors (Lipinski definition) is 1. The van der Waals surface area contributed by atoms with Crippen LogP contribution in [0.25, 0.3) is 5.69 Å². The quantitative estimate of drug-likeness (QED) is 0.805. The molecule has 1 aromatic carbocycles. The Balaban J connectivity index is 1.92. The van der Waals surface area contributed by atoms with E-state index >= 15 is 0 Å². The van der Waals surface area contributed by atoms with E-state index in [0.717, 1.165) is 11.4 Å². The van der Waals surface area contributed by atoms with Gasteiger partial charge in [-0.3, -0.25) is 9.78 Å². The lowest BCUT2D eigenvalue weighted by molar-refractivity contribution is 0.102. The molecule has 3 aromatic rings. The third-order valence-corrected chi connectivity index (χ3v) is 3.32. The van der Waals surface area contributed by atoms with Gasteiger partial charge in [0.15, 0.2) is 0 Å². The van der Waals surface area contributed by atoms with Crippen molar-refractivity contribution < 1.29 is 4.79 Å². The maximum Gasteiger partial charge on any atom is 0.258 e. The minimum absolute atomic E-state index is 0.233. The molecule has 5 nitrogen and oxygen atoms in total. The summed E-state index contributed by atoms with van der Waals surface area (Å²) in [5.41, 5.74) is 2.11. The Morgan fingerprint density at radius 2 is 2.00 bits per heavy atom. The molecule has 0 fully saturated rings. The second-order valence-electron chi connectivity index (χ2n) is 4.76. The Bertz CT molecular complexity index is 797. The van der Waals surface area contributed by atoms with E-state index in [2.05, 4.69) is 15.4 Å². The third-order valence-electron chi connectivity index (χ3n) is 3.07. The van der Waals surface area contributed by atoms with Crippen LogP contribution in [0.3, 0.4) is 0 Å². The number of aromatic nitrogens is 3. The van der Waals surface area contributed by atoms with Crippen LogP contribution in [0.5, 0.6) is 0 Å². The van der Waals surface area contributed by atoms with E-state index < -0.39 is 0 Å². The highest BCUT2D eigenvalue weighted by Gasteiger charge is 2.12. The van der Waals surface area contributed by atoms with Crippen LogP contribution in [0.15, 0.2) is 54.9 Å². The lowest BCUT2D eigenvalue weighted by atomic mass is 10.2. The monoisotopic (exact) mass is 312 g/mol. The first-order valence-corrected chi connectivity index (χ1v) is 7.05. The number of amides is 1. The second-order valence-corrected chi connectivity index (χ2v) is 5.19. The van der Waals surface area contributed by atoms with E-state index in [9.17, 15) is 4.79 Å². The number of benzene rings is 1. The molecule has 0 spiro atoms. The number of pyridine rings is 1. The number of carbonyl (C=O) groups is 1. The van der Waals surface area contributed by atoms with Crippen molar-refractivity contribution in [2.24, 2.45) is 0 Å². The molecule has 110 valence electrons. The standard InChI is InChI=1S/C16H13ClN4O/c1-11-9-15(19-16(22)12-3-2-8-18-10-12)21(20-11)14-6-4-13(17)5-7-14/h2-10H,1H3,(H,19,22). The predicted molar refractivity (Wildman–Crippen MR) is 85.5 cm³/mol. The van der Waals surface area contributed by atoms with E-state index in [4.69, 9.17) is 11.6 Å². The number of nitrogens with one attached hydrogen (secondary N) is 1. The Morgan fingerprint density at radius 1 is 1.23 bits per heavy atom. The molecule has 0 atom stereocenters. The normalized spacial score (nSPS) is 10.5. The van der Waals surface area contributed by atoms with Crippen LogP contribution < -0.4 is 5.32 Å². The number of aryl methyl sites for hydroxylation is 1. The van der Waals surface area contributed by atoms with E-state index in [1.165, 1.54) is 6.20 Å². The van der Waals surface area contributed by atoms with Crippen molar-refractivity contribution >= 4 is 23.3 Å². The lowest BCUT2D eigenvalue weighted by Crippen LogP contribution is -2.15. The molecule has 2 aromatic heterocycles. The first kappa shape index (κ1) is 14.3. The van der Waals surface area contributed by atoms with Gasteiger partial charge in [-0.25, -0.2) is 4.68 Å². The number of nitrogens with zero attached hydrogens (tertiary/aromatic N) is 3. The number of anilines is 1. The molecule has 2 heterocycles. The van der Waals surface area contributed by atoms with Crippen molar-refractivity contribution in [1.82, 2.24) is 14.8 Å². The zero-order valence-corrected chi connectivity index (χ0v) is 12.6. The van der Waals surface area contributed by atoms with Crippen LogP contribution in [-0.4, -0.2) is 20.7 Å². The SMILES string of the molecule is Cc1cc(NC(=O)c2cccnc2)n(-c2ccc(Cl)cc2)n1. The Hall–Kier alpha value is -2.66. The zero-order chi connectivity index (χ0) is 15.5. The lowest BCUT2D eigenvalue weighted by Gasteiger charge is -2.09. The summed E-state index contributed by atoms with van der Waals surface area (Å²) in [6, 6.07) is 12.5. The summed E-state index contributed by atoms with van der Waals surface area (Å²) in [6.45, 7) is 1.87. The van der Waals surface area contributed by atoms with Crippen LogP contribution in [-0.2, 0) is 0 Å². The van der Waals surface area contributed by atoms with Crippen molar-refractivity contribution in [3.63, 3.8) is 0 Å². The minimum atomic E-state index is -0.233. The molecule has 6 heteroatoms. The summed E-state index contributed by atoms with van der Waals surface area (Å²) >= 11 is 5.90. The van der Waals surface area contributed by atoms with Crippen molar-refractivity contribution in [2.75, 3.05) is 5.32 Å². The molecule has 22 heavy (non-hydrogen) atoms. The van der Waals surface area contributed by atoms with Crippen LogP contribution in [0.2, 0.25) is 5.02 Å². The summed E-state index contributed by atoms with van der Waals surface area (Å²) < 4.78 is 1.67. The fourth-order valence-electron chi connectivity index (χ4n) is 2.05. The van der Waals surface area contributed by atoms with Crippen molar-refractivity contribution in [2.45, 2.75) is 6.92 Å². The van der Waals surface area contributed by atoms with Gasteiger partial charge in [0.1, 0.15) is 5.82 Å². The largest absolute Gasteiger partial charge is 0.306 e. The molecule has 0 bridgehead atoms. The average Bonchev–Trinajstić information content (AvgIpc) is 2.89. The van der Waals surface area contributed by atoms with Crippen LogP contribution in [0.4, 0.5) is 5.82 Å². The van der Waals surface area contributed by atoms with E-state index in [1.54, 1.807) is 35.1 Å². The van der Waals surface area contributed by atoms with Gasteiger partial charge >= 0.3 is 0 Å².